The molecule has 0 saturated heterocycles. The number of nitro groups is 1. The van der Waals surface area contributed by atoms with Crippen molar-refractivity contribution in [2.24, 2.45) is 0 Å². The number of carbonyl (C=O) groups is 1. The number of anilines is 2. The monoisotopic (exact) mass is 368 g/mol. The lowest BCUT2D eigenvalue weighted by atomic mass is 10.1. The Hall–Kier alpha value is -3.09. The van der Waals surface area contributed by atoms with E-state index in [1.54, 1.807) is 12.1 Å². The summed E-state index contributed by atoms with van der Waals surface area (Å²) < 4.78 is 0. The zero-order valence-corrected chi connectivity index (χ0v) is 15.4. The number of amides is 1. The van der Waals surface area contributed by atoms with Gasteiger partial charge in [-0.1, -0.05) is 18.2 Å². The minimum Gasteiger partial charge on any atom is -0.377 e. The van der Waals surface area contributed by atoms with Gasteiger partial charge in [-0.2, -0.15) is 0 Å². The van der Waals surface area contributed by atoms with Gasteiger partial charge >= 0.3 is 0 Å². The van der Waals surface area contributed by atoms with Crippen LogP contribution < -0.4 is 15.5 Å². The molecule has 0 spiro atoms. The highest BCUT2D eigenvalue weighted by atomic mass is 16.6. The van der Waals surface area contributed by atoms with Crippen molar-refractivity contribution in [1.29, 1.82) is 0 Å². The van der Waals surface area contributed by atoms with Crippen molar-refractivity contribution in [3.8, 4) is 0 Å². The number of nitro benzene ring substituents is 1. The number of para-hydroxylation sites is 1. The number of nitrogens with one attached hydrogen (secondary N) is 2. The predicted molar refractivity (Wildman–Crippen MR) is 106 cm³/mol. The highest BCUT2D eigenvalue weighted by Gasteiger charge is 2.25. The first-order valence-corrected chi connectivity index (χ1v) is 9.14. The van der Waals surface area contributed by atoms with E-state index in [2.05, 4.69) is 15.5 Å². The Kier molecular flexibility index (Phi) is 5.90. The summed E-state index contributed by atoms with van der Waals surface area (Å²) in [7, 11) is 2.01. The second kappa shape index (κ2) is 8.53. The van der Waals surface area contributed by atoms with E-state index in [-0.39, 0.29) is 11.6 Å². The molecule has 2 aromatic rings. The van der Waals surface area contributed by atoms with Crippen LogP contribution in [0.4, 0.5) is 17.1 Å². The maximum Gasteiger partial charge on any atom is 0.293 e. The van der Waals surface area contributed by atoms with E-state index in [1.807, 2.05) is 37.4 Å². The van der Waals surface area contributed by atoms with Crippen molar-refractivity contribution in [3.63, 3.8) is 0 Å². The fourth-order valence-corrected chi connectivity index (χ4v) is 2.83. The predicted octanol–water partition coefficient (Wildman–Crippen LogP) is 3.43. The second-order valence-corrected chi connectivity index (χ2v) is 6.77. The zero-order valence-electron chi connectivity index (χ0n) is 15.4. The third-order valence-electron chi connectivity index (χ3n) is 4.55. The first kappa shape index (κ1) is 18.7. The van der Waals surface area contributed by atoms with E-state index in [4.69, 9.17) is 0 Å². The molecule has 1 fully saturated rings. The lowest BCUT2D eigenvalue weighted by Crippen LogP contribution is -2.28. The lowest BCUT2D eigenvalue weighted by Gasteiger charge is -2.19. The zero-order chi connectivity index (χ0) is 19.2. The minimum atomic E-state index is -0.448. The average Bonchev–Trinajstić information content (AvgIpc) is 3.49. The molecule has 0 bridgehead atoms. The Balaban J connectivity index is 1.51. The Morgan fingerprint density at radius 3 is 2.63 bits per heavy atom. The van der Waals surface area contributed by atoms with Gasteiger partial charge < -0.3 is 15.5 Å². The molecule has 7 nitrogen and oxygen atoms in total. The van der Waals surface area contributed by atoms with Gasteiger partial charge in [-0.25, -0.2) is 0 Å². The van der Waals surface area contributed by atoms with E-state index in [9.17, 15) is 14.9 Å². The summed E-state index contributed by atoms with van der Waals surface area (Å²) in [4.78, 5) is 25.3. The highest BCUT2D eigenvalue weighted by molar-refractivity contribution is 5.95. The average molecular weight is 368 g/mol. The molecule has 0 aliphatic heterocycles. The molecule has 7 heteroatoms. The fraction of sp³-hybridized carbons (Fsp3) is 0.350. The Labute approximate surface area is 158 Å². The van der Waals surface area contributed by atoms with Crippen LogP contribution in [-0.4, -0.2) is 37.0 Å². The molecule has 2 N–H and O–H groups in total. The summed E-state index contributed by atoms with van der Waals surface area (Å²) in [5.74, 6) is -0.293. The van der Waals surface area contributed by atoms with Crippen LogP contribution in [0.25, 0.3) is 0 Å². The molecular formula is C20H24N4O3. The maximum absolute atomic E-state index is 12.3. The van der Waals surface area contributed by atoms with Gasteiger partial charge in [-0.05, 0) is 43.5 Å². The number of hydrogen-bond acceptors (Lipinski definition) is 5. The molecule has 1 aliphatic carbocycles. The van der Waals surface area contributed by atoms with Gasteiger partial charge in [0.05, 0.1) is 4.92 Å². The van der Waals surface area contributed by atoms with Crippen LogP contribution in [0.5, 0.6) is 0 Å². The van der Waals surface area contributed by atoms with Gasteiger partial charge in [-0.15, -0.1) is 0 Å². The molecule has 1 amide bonds. The third kappa shape index (κ3) is 5.20. The Morgan fingerprint density at radius 1 is 1.22 bits per heavy atom. The normalized spacial score (nSPS) is 13.1. The molecule has 3 rings (SSSR count). The molecule has 0 unspecified atom stereocenters. The van der Waals surface area contributed by atoms with Crippen molar-refractivity contribution in [2.75, 3.05) is 30.4 Å². The molecule has 1 saturated carbocycles. The Morgan fingerprint density at radius 2 is 1.96 bits per heavy atom. The number of hydrogen-bond donors (Lipinski definition) is 2. The van der Waals surface area contributed by atoms with E-state index < -0.39 is 4.92 Å². The van der Waals surface area contributed by atoms with E-state index in [0.717, 1.165) is 31.5 Å². The van der Waals surface area contributed by atoms with E-state index in [1.165, 1.54) is 6.07 Å². The van der Waals surface area contributed by atoms with Crippen LogP contribution in [0.15, 0.2) is 48.5 Å². The smallest absolute Gasteiger partial charge is 0.293 e. The van der Waals surface area contributed by atoms with Crippen LogP contribution >= 0.6 is 0 Å². The van der Waals surface area contributed by atoms with Crippen LogP contribution in [0.1, 0.15) is 29.6 Å². The number of nitrogens with zero attached hydrogens (tertiary/aromatic N) is 2. The number of benzene rings is 2. The molecule has 0 atom stereocenters. The van der Waals surface area contributed by atoms with E-state index >= 15 is 0 Å². The molecule has 0 radical (unpaired) electrons. The lowest BCUT2D eigenvalue weighted by molar-refractivity contribution is -0.384. The second-order valence-electron chi connectivity index (χ2n) is 6.77. The molecular weight excluding hydrogens is 344 g/mol. The summed E-state index contributed by atoms with van der Waals surface area (Å²) in [5.41, 5.74) is 1.85. The van der Waals surface area contributed by atoms with Gasteiger partial charge in [0.15, 0.2) is 0 Å². The molecule has 27 heavy (non-hydrogen) atoms. The van der Waals surface area contributed by atoms with Crippen molar-refractivity contribution >= 4 is 23.0 Å². The van der Waals surface area contributed by atoms with Crippen LogP contribution in [0, 0.1) is 10.1 Å². The first-order chi connectivity index (χ1) is 13.0. The molecule has 142 valence electrons. The van der Waals surface area contributed by atoms with Crippen LogP contribution in [-0.2, 0) is 0 Å². The first-order valence-electron chi connectivity index (χ1n) is 9.14. The largest absolute Gasteiger partial charge is 0.377 e. The van der Waals surface area contributed by atoms with Crippen molar-refractivity contribution in [3.05, 3.63) is 64.2 Å². The van der Waals surface area contributed by atoms with Crippen molar-refractivity contribution in [1.82, 2.24) is 5.32 Å². The maximum atomic E-state index is 12.3. The third-order valence-corrected chi connectivity index (χ3v) is 4.55. The minimum absolute atomic E-state index is 0.0571. The van der Waals surface area contributed by atoms with Gasteiger partial charge in [0, 0.05) is 43.5 Å². The van der Waals surface area contributed by atoms with Gasteiger partial charge in [-0.3, -0.25) is 14.9 Å². The van der Waals surface area contributed by atoms with Crippen molar-refractivity contribution < 1.29 is 9.72 Å². The molecule has 0 aromatic heterocycles. The van der Waals surface area contributed by atoms with Crippen molar-refractivity contribution in [2.45, 2.75) is 25.3 Å². The number of carbonyl (C=O) groups excluding carboxylic acids is 1. The quantitative estimate of drug-likeness (QED) is 0.402. The van der Waals surface area contributed by atoms with Gasteiger partial charge in [0.25, 0.3) is 11.6 Å². The molecule has 0 heterocycles. The highest BCUT2D eigenvalue weighted by Crippen LogP contribution is 2.31. The summed E-state index contributed by atoms with van der Waals surface area (Å²) in [6, 6.07) is 14.9. The molecule has 1 aliphatic rings. The standard InChI is InChI=1S/C20H24N4O3/c1-23(17-6-3-2-4-7-17)13-5-12-21-20(25)15-8-11-18(22-16-9-10-16)19(14-15)24(26)27/h2-4,6-8,11,14,16,22H,5,9-10,12-13H2,1H3,(H,21,25). The van der Waals surface area contributed by atoms with Crippen LogP contribution in [0.2, 0.25) is 0 Å². The number of rotatable bonds is 9. The summed E-state index contributed by atoms with van der Waals surface area (Å²) in [6.07, 6.45) is 2.83. The van der Waals surface area contributed by atoms with E-state index in [0.29, 0.717) is 23.8 Å². The SMILES string of the molecule is CN(CCCNC(=O)c1ccc(NC2CC2)c([N+](=O)[O-])c1)c1ccccc1. The topological polar surface area (TPSA) is 87.5 Å². The summed E-state index contributed by atoms with van der Waals surface area (Å²) in [5, 5.41) is 17.3. The van der Waals surface area contributed by atoms with Crippen LogP contribution in [0.3, 0.4) is 0 Å². The summed E-state index contributed by atoms with van der Waals surface area (Å²) in [6.45, 7) is 1.31. The fourth-order valence-electron chi connectivity index (χ4n) is 2.83. The Bertz CT molecular complexity index is 806. The van der Waals surface area contributed by atoms with Gasteiger partial charge in [0.1, 0.15) is 5.69 Å². The summed E-state index contributed by atoms with van der Waals surface area (Å²) >= 11 is 0. The molecule has 2 aromatic carbocycles. The van der Waals surface area contributed by atoms with Gasteiger partial charge in [0.2, 0.25) is 0 Å².